The number of aryl methyl sites for hydroxylation is 2. The number of rotatable bonds is 3. The largest absolute Gasteiger partial charge is 0.438 e. The van der Waals surface area contributed by atoms with Crippen LogP contribution in [0.4, 0.5) is 0 Å². The number of hydrogen-bond acceptors (Lipinski definition) is 3. The van der Waals surface area contributed by atoms with Crippen molar-refractivity contribution in [2.75, 3.05) is 0 Å². The number of aliphatic hydroxyl groups excluding tert-OH is 1. The van der Waals surface area contributed by atoms with Gasteiger partial charge in [-0.15, -0.1) is 0 Å². The van der Waals surface area contributed by atoms with Crippen molar-refractivity contribution in [3.8, 4) is 11.6 Å². The van der Waals surface area contributed by atoms with Crippen molar-refractivity contribution in [3.63, 3.8) is 0 Å². The lowest BCUT2D eigenvalue weighted by atomic mass is 9.92. The molecule has 3 nitrogen and oxygen atoms in total. The minimum absolute atomic E-state index is 0.0775. The molecule has 2 aromatic rings. The van der Waals surface area contributed by atoms with Gasteiger partial charge in [-0.2, -0.15) is 0 Å². The summed E-state index contributed by atoms with van der Waals surface area (Å²) in [5.41, 5.74) is 3.45. The Kier molecular flexibility index (Phi) is 3.90. The zero-order valence-electron chi connectivity index (χ0n) is 11.1. The Morgan fingerprint density at radius 2 is 1.95 bits per heavy atom. The molecular formula is C16H16ClNO2. The van der Waals surface area contributed by atoms with Crippen LogP contribution in [0.2, 0.25) is 5.02 Å². The average molecular weight is 290 g/mol. The van der Waals surface area contributed by atoms with Crippen molar-refractivity contribution in [2.45, 2.75) is 32.3 Å². The van der Waals surface area contributed by atoms with Gasteiger partial charge in [-0.05, 0) is 60.6 Å². The van der Waals surface area contributed by atoms with Crippen LogP contribution in [0.1, 0.15) is 29.5 Å². The molecule has 0 saturated carbocycles. The van der Waals surface area contributed by atoms with Gasteiger partial charge in [0.2, 0.25) is 5.88 Å². The molecule has 4 heteroatoms. The molecule has 1 aliphatic rings. The Hall–Kier alpha value is -1.58. The number of benzene rings is 1. The molecule has 1 aliphatic carbocycles. The van der Waals surface area contributed by atoms with Gasteiger partial charge in [-0.25, -0.2) is 4.98 Å². The Morgan fingerprint density at radius 3 is 2.70 bits per heavy atom. The SMILES string of the molecule is OCc1cnc(Oc2ccc3c(c2)CCCC3)c(Cl)c1. The molecule has 1 aromatic carbocycles. The predicted molar refractivity (Wildman–Crippen MR) is 78.3 cm³/mol. The van der Waals surface area contributed by atoms with E-state index in [1.807, 2.05) is 6.07 Å². The molecule has 0 spiro atoms. The third-order valence-corrected chi connectivity index (χ3v) is 3.85. The smallest absolute Gasteiger partial charge is 0.238 e. The van der Waals surface area contributed by atoms with Gasteiger partial charge in [0.25, 0.3) is 0 Å². The molecule has 0 radical (unpaired) electrons. The summed E-state index contributed by atoms with van der Waals surface area (Å²) in [4.78, 5) is 4.14. The van der Waals surface area contributed by atoms with Gasteiger partial charge in [0.1, 0.15) is 10.8 Å². The molecule has 0 atom stereocenters. The summed E-state index contributed by atoms with van der Waals surface area (Å²) in [6, 6.07) is 7.83. The van der Waals surface area contributed by atoms with Crippen LogP contribution in [0.3, 0.4) is 0 Å². The fourth-order valence-electron chi connectivity index (χ4n) is 2.51. The number of ether oxygens (including phenoxy) is 1. The minimum Gasteiger partial charge on any atom is -0.438 e. The van der Waals surface area contributed by atoms with Gasteiger partial charge < -0.3 is 9.84 Å². The van der Waals surface area contributed by atoms with Crippen LogP contribution in [0, 0.1) is 0 Å². The molecule has 3 rings (SSSR count). The van der Waals surface area contributed by atoms with E-state index >= 15 is 0 Å². The number of halogens is 1. The van der Waals surface area contributed by atoms with E-state index in [0.29, 0.717) is 16.5 Å². The minimum atomic E-state index is -0.0775. The zero-order valence-corrected chi connectivity index (χ0v) is 11.9. The molecule has 1 heterocycles. The maximum Gasteiger partial charge on any atom is 0.238 e. The highest BCUT2D eigenvalue weighted by molar-refractivity contribution is 6.31. The fraction of sp³-hybridized carbons (Fsp3) is 0.312. The molecule has 0 bridgehead atoms. The lowest BCUT2D eigenvalue weighted by Crippen LogP contribution is -2.02. The summed E-state index contributed by atoms with van der Waals surface area (Å²) in [6.45, 7) is -0.0775. The van der Waals surface area contributed by atoms with Crippen LogP contribution in [-0.4, -0.2) is 10.1 Å². The predicted octanol–water partition coefficient (Wildman–Crippen LogP) is 3.90. The number of nitrogens with zero attached hydrogens (tertiary/aromatic N) is 1. The Morgan fingerprint density at radius 1 is 1.15 bits per heavy atom. The number of aliphatic hydroxyl groups is 1. The highest BCUT2D eigenvalue weighted by Gasteiger charge is 2.11. The molecule has 1 aromatic heterocycles. The molecule has 0 fully saturated rings. The molecule has 104 valence electrons. The van der Waals surface area contributed by atoms with Gasteiger partial charge in [-0.1, -0.05) is 17.7 Å². The lowest BCUT2D eigenvalue weighted by Gasteiger charge is -2.16. The normalized spacial score (nSPS) is 13.9. The number of hydrogen-bond donors (Lipinski definition) is 1. The van der Waals surface area contributed by atoms with Crippen molar-refractivity contribution in [1.29, 1.82) is 0 Å². The summed E-state index contributed by atoms with van der Waals surface area (Å²) < 4.78 is 5.75. The van der Waals surface area contributed by atoms with Crippen LogP contribution >= 0.6 is 11.6 Å². The zero-order chi connectivity index (χ0) is 13.9. The maximum absolute atomic E-state index is 9.04. The Labute approximate surface area is 123 Å². The second-order valence-electron chi connectivity index (χ2n) is 5.03. The molecule has 0 aliphatic heterocycles. The maximum atomic E-state index is 9.04. The topological polar surface area (TPSA) is 42.4 Å². The lowest BCUT2D eigenvalue weighted by molar-refractivity contribution is 0.281. The Bertz CT molecular complexity index is 628. The standard InChI is InChI=1S/C16H16ClNO2/c17-15-7-11(10-19)9-18-16(15)20-14-6-5-12-3-1-2-4-13(12)8-14/h5-9,19H,1-4,10H2. The van der Waals surface area contributed by atoms with Crippen LogP contribution in [-0.2, 0) is 19.4 Å². The van der Waals surface area contributed by atoms with E-state index in [9.17, 15) is 0 Å². The van der Waals surface area contributed by atoms with Gasteiger partial charge >= 0.3 is 0 Å². The van der Waals surface area contributed by atoms with Crippen molar-refractivity contribution in [3.05, 3.63) is 52.2 Å². The van der Waals surface area contributed by atoms with E-state index in [1.165, 1.54) is 24.0 Å². The van der Waals surface area contributed by atoms with E-state index in [4.69, 9.17) is 21.4 Å². The summed E-state index contributed by atoms with van der Waals surface area (Å²) >= 11 is 6.10. The van der Waals surface area contributed by atoms with Crippen molar-refractivity contribution >= 4 is 11.6 Å². The summed E-state index contributed by atoms with van der Waals surface area (Å²) in [5.74, 6) is 1.14. The van der Waals surface area contributed by atoms with E-state index in [2.05, 4.69) is 17.1 Å². The first kappa shape index (κ1) is 13.4. The monoisotopic (exact) mass is 289 g/mol. The van der Waals surface area contributed by atoms with Crippen molar-refractivity contribution in [2.24, 2.45) is 0 Å². The quantitative estimate of drug-likeness (QED) is 0.932. The first-order chi connectivity index (χ1) is 9.76. The van der Waals surface area contributed by atoms with Crippen LogP contribution in [0.5, 0.6) is 11.6 Å². The first-order valence-electron chi connectivity index (χ1n) is 6.81. The number of fused-ring (bicyclic) bond motifs is 1. The van der Waals surface area contributed by atoms with Gasteiger partial charge in [-0.3, -0.25) is 0 Å². The van der Waals surface area contributed by atoms with E-state index in [0.717, 1.165) is 18.6 Å². The second-order valence-corrected chi connectivity index (χ2v) is 5.44. The third-order valence-electron chi connectivity index (χ3n) is 3.58. The average Bonchev–Trinajstić information content (AvgIpc) is 2.49. The van der Waals surface area contributed by atoms with E-state index in [-0.39, 0.29) is 6.61 Å². The number of pyridine rings is 1. The van der Waals surface area contributed by atoms with Gasteiger partial charge in [0.05, 0.1) is 6.61 Å². The van der Waals surface area contributed by atoms with Crippen LogP contribution in [0.25, 0.3) is 0 Å². The highest BCUT2D eigenvalue weighted by atomic mass is 35.5. The molecule has 20 heavy (non-hydrogen) atoms. The molecule has 0 amide bonds. The van der Waals surface area contributed by atoms with E-state index < -0.39 is 0 Å². The Balaban J connectivity index is 1.84. The third kappa shape index (κ3) is 2.79. The molecule has 1 N–H and O–H groups in total. The molecule has 0 unspecified atom stereocenters. The van der Waals surface area contributed by atoms with Crippen LogP contribution in [0.15, 0.2) is 30.5 Å². The van der Waals surface area contributed by atoms with Crippen molar-refractivity contribution in [1.82, 2.24) is 4.98 Å². The fourth-order valence-corrected chi connectivity index (χ4v) is 2.74. The number of aromatic nitrogens is 1. The molecular weight excluding hydrogens is 274 g/mol. The van der Waals surface area contributed by atoms with Gasteiger partial charge in [0.15, 0.2) is 0 Å². The van der Waals surface area contributed by atoms with E-state index in [1.54, 1.807) is 12.3 Å². The summed E-state index contributed by atoms with van der Waals surface area (Å²) in [7, 11) is 0. The summed E-state index contributed by atoms with van der Waals surface area (Å²) in [5, 5.41) is 9.45. The van der Waals surface area contributed by atoms with Crippen molar-refractivity contribution < 1.29 is 9.84 Å². The second kappa shape index (κ2) is 5.81. The van der Waals surface area contributed by atoms with Gasteiger partial charge in [0, 0.05) is 6.20 Å². The van der Waals surface area contributed by atoms with Crippen LogP contribution < -0.4 is 4.74 Å². The molecule has 0 saturated heterocycles. The summed E-state index contributed by atoms with van der Waals surface area (Å²) in [6.07, 6.45) is 6.33. The first-order valence-corrected chi connectivity index (χ1v) is 7.19. The highest BCUT2D eigenvalue weighted by Crippen LogP contribution is 2.31.